The molecule has 1 aromatic carbocycles. The number of benzene rings is 1. The molecule has 9 heteroatoms. The normalized spacial score (nSPS) is 14.4. The Morgan fingerprint density at radius 2 is 2.23 bits per heavy atom. The zero-order chi connectivity index (χ0) is 18.7. The minimum Gasteiger partial charge on any atom is -0.483 e. The molecule has 2 N–H and O–H groups in total. The minimum atomic E-state index is -1.01. The van der Waals surface area contributed by atoms with E-state index < -0.39 is 5.97 Å². The SMILES string of the molecule is CC1(C)Cc2cccc(OCC(=O)NCc3cn(CC(=O)O)nn3)c2O1. The summed E-state index contributed by atoms with van der Waals surface area (Å²) >= 11 is 0. The number of hydrogen-bond donors (Lipinski definition) is 2. The fraction of sp³-hybridized carbons (Fsp3) is 0.412. The highest BCUT2D eigenvalue weighted by atomic mass is 16.5. The van der Waals surface area contributed by atoms with Crippen molar-refractivity contribution in [2.45, 2.75) is 39.0 Å². The molecule has 0 atom stereocenters. The molecule has 0 saturated carbocycles. The lowest BCUT2D eigenvalue weighted by Crippen LogP contribution is -2.28. The van der Waals surface area contributed by atoms with Gasteiger partial charge in [0.1, 0.15) is 17.8 Å². The highest BCUT2D eigenvalue weighted by molar-refractivity contribution is 5.77. The summed E-state index contributed by atoms with van der Waals surface area (Å²) in [5.41, 5.74) is 1.24. The number of carboxylic acid groups (broad SMARTS) is 1. The van der Waals surface area contributed by atoms with Gasteiger partial charge in [0.25, 0.3) is 5.91 Å². The molecule has 1 aliphatic rings. The highest BCUT2D eigenvalue weighted by Gasteiger charge is 2.32. The van der Waals surface area contributed by atoms with Crippen molar-refractivity contribution in [1.82, 2.24) is 20.3 Å². The highest BCUT2D eigenvalue weighted by Crippen LogP contribution is 2.41. The van der Waals surface area contributed by atoms with Gasteiger partial charge in [-0.15, -0.1) is 5.10 Å². The van der Waals surface area contributed by atoms with E-state index in [0.717, 1.165) is 12.0 Å². The van der Waals surface area contributed by atoms with Crippen molar-refractivity contribution in [2.24, 2.45) is 0 Å². The first-order valence-electron chi connectivity index (χ1n) is 8.13. The molecule has 2 aromatic rings. The van der Waals surface area contributed by atoms with E-state index in [4.69, 9.17) is 14.6 Å². The summed E-state index contributed by atoms with van der Waals surface area (Å²) < 4.78 is 12.7. The molecule has 0 radical (unpaired) electrons. The first-order valence-corrected chi connectivity index (χ1v) is 8.13. The van der Waals surface area contributed by atoms with Crippen molar-refractivity contribution in [3.8, 4) is 11.5 Å². The molecule has 1 aromatic heterocycles. The standard InChI is InChI=1S/C17H20N4O5/c1-17(2)6-11-4-3-5-13(16(11)26-17)25-10-14(22)18-7-12-8-21(20-19-12)9-15(23)24/h3-5,8H,6-7,9-10H2,1-2H3,(H,18,22)(H,23,24). The van der Waals surface area contributed by atoms with Crippen LogP contribution in [0.15, 0.2) is 24.4 Å². The lowest BCUT2D eigenvalue weighted by atomic mass is 10.0. The largest absolute Gasteiger partial charge is 0.483 e. The first-order chi connectivity index (χ1) is 12.3. The van der Waals surface area contributed by atoms with E-state index in [-0.39, 0.29) is 31.2 Å². The van der Waals surface area contributed by atoms with Crippen molar-refractivity contribution >= 4 is 11.9 Å². The molecule has 1 aliphatic heterocycles. The van der Waals surface area contributed by atoms with Crippen LogP contribution in [-0.2, 0) is 29.1 Å². The van der Waals surface area contributed by atoms with Crippen molar-refractivity contribution in [2.75, 3.05) is 6.61 Å². The first kappa shape index (κ1) is 17.7. The summed E-state index contributed by atoms with van der Waals surface area (Å²) in [5.74, 6) is -0.120. The number of amides is 1. The number of nitrogens with one attached hydrogen (secondary N) is 1. The van der Waals surface area contributed by atoms with Crippen molar-refractivity contribution in [3.05, 3.63) is 35.7 Å². The van der Waals surface area contributed by atoms with Crippen LogP contribution in [0, 0.1) is 0 Å². The van der Waals surface area contributed by atoms with E-state index in [0.29, 0.717) is 17.2 Å². The molecule has 3 rings (SSSR count). The molecule has 26 heavy (non-hydrogen) atoms. The van der Waals surface area contributed by atoms with Gasteiger partial charge >= 0.3 is 5.97 Å². The van der Waals surface area contributed by atoms with Crippen molar-refractivity contribution < 1.29 is 24.2 Å². The second-order valence-corrected chi connectivity index (χ2v) is 6.65. The molecule has 0 spiro atoms. The quantitative estimate of drug-likeness (QED) is 0.749. The molecule has 0 unspecified atom stereocenters. The van der Waals surface area contributed by atoms with E-state index in [1.165, 1.54) is 10.9 Å². The third-order valence-corrected chi connectivity index (χ3v) is 3.76. The van der Waals surface area contributed by atoms with Gasteiger partial charge in [0.15, 0.2) is 18.1 Å². The average Bonchev–Trinajstić information content (AvgIpc) is 3.12. The second-order valence-electron chi connectivity index (χ2n) is 6.65. The molecule has 0 fully saturated rings. The van der Waals surface area contributed by atoms with E-state index in [2.05, 4.69) is 15.6 Å². The predicted octanol–water partition coefficient (Wildman–Crippen LogP) is 0.771. The van der Waals surface area contributed by atoms with Gasteiger partial charge in [-0.25, -0.2) is 4.68 Å². The Hall–Kier alpha value is -3.10. The Labute approximate surface area is 149 Å². The Balaban J connectivity index is 1.50. The van der Waals surface area contributed by atoms with Crippen LogP contribution in [0.25, 0.3) is 0 Å². The van der Waals surface area contributed by atoms with E-state index in [1.807, 2.05) is 26.0 Å². The summed E-state index contributed by atoms with van der Waals surface area (Å²) in [7, 11) is 0. The van der Waals surface area contributed by atoms with E-state index >= 15 is 0 Å². The summed E-state index contributed by atoms with van der Waals surface area (Å²) in [6.45, 7) is 3.70. The van der Waals surface area contributed by atoms with Crippen LogP contribution < -0.4 is 14.8 Å². The maximum atomic E-state index is 12.0. The molecular weight excluding hydrogens is 340 g/mol. The molecular formula is C17H20N4O5. The monoisotopic (exact) mass is 360 g/mol. The van der Waals surface area contributed by atoms with Crippen LogP contribution in [0.1, 0.15) is 25.1 Å². The number of aromatic nitrogens is 3. The van der Waals surface area contributed by atoms with Crippen LogP contribution >= 0.6 is 0 Å². The summed E-state index contributed by atoms with van der Waals surface area (Å²) in [5, 5.41) is 18.8. The Morgan fingerprint density at radius 1 is 1.42 bits per heavy atom. The Bertz CT molecular complexity index is 830. The number of carbonyl (C=O) groups is 2. The number of fused-ring (bicyclic) bond motifs is 1. The molecule has 0 bridgehead atoms. The van der Waals surface area contributed by atoms with E-state index in [1.54, 1.807) is 6.07 Å². The number of carboxylic acids is 1. The van der Waals surface area contributed by atoms with Crippen LogP contribution in [-0.4, -0.2) is 44.2 Å². The minimum absolute atomic E-state index is 0.137. The van der Waals surface area contributed by atoms with Crippen LogP contribution in [0.2, 0.25) is 0 Å². The van der Waals surface area contributed by atoms with Gasteiger partial charge in [-0.3, -0.25) is 9.59 Å². The van der Waals surface area contributed by atoms with Gasteiger partial charge in [0.05, 0.1) is 12.7 Å². The molecule has 9 nitrogen and oxygen atoms in total. The number of para-hydroxylation sites is 1. The Morgan fingerprint density at radius 3 is 3.00 bits per heavy atom. The van der Waals surface area contributed by atoms with Gasteiger partial charge in [-0.1, -0.05) is 17.3 Å². The van der Waals surface area contributed by atoms with Gasteiger partial charge < -0.3 is 19.9 Å². The second kappa shape index (κ2) is 7.03. The van der Waals surface area contributed by atoms with Crippen LogP contribution in [0.3, 0.4) is 0 Å². The van der Waals surface area contributed by atoms with Crippen molar-refractivity contribution in [1.29, 1.82) is 0 Å². The average molecular weight is 360 g/mol. The molecule has 1 amide bonds. The molecule has 0 saturated heterocycles. The lowest BCUT2D eigenvalue weighted by Gasteiger charge is -2.18. The Kier molecular flexibility index (Phi) is 4.79. The fourth-order valence-corrected chi connectivity index (χ4v) is 2.72. The number of ether oxygens (including phenoxy) is 2. The summed E-state index contributed by atoms with van der Waals surface area (Å²) in [6, 6.07) is 5.63. The number of aliphatic carboxylic acids is 1. The van der Waals surface area contributed by atoms with Gasteiger partial charge in [-0.05, 0) is 19.9 Å². The molecule has 0 aliphatic carbocycles. The van der Waals surface area contributed by atoms with Gasteiger partial charge in [0.2, 0.25) is 0 Å². The maximum absolute atomic E-state index is 12.0. The molecule has 138 valence electrons. The van der Waals surface area contributed by atoms with Gasteiger partial charge in [0, 0.05) is 12.0 Å². The summed E-state index contributed by atoms with van der Waals surface area (Å²) in [6.07, 6.45) is 2.26. The molecule has 2 heterocycles. The lowest BCUT2D eigenvalue weighted by molar-refractivity contribution is -0.138. The van der Waals surface area contributed by atoms with Gasteiger partial charge in [-0.2, -0.15) is 0 Å². The summed E-state index contributed by atoms with van der Waals surface area (Å²) in [4.78, 5) is 22.6. The number of rotatable bonds is 7. The third-order valence-electron chi connectivity index (χ3n) is 3.76. The maximum Gasteiger partial charge on any atom is 0.325 e. The predicted molar refractivity (Wildman–Crippen MR) is 89.9 cm³/mol. The smallest absolute Gasteiger partial charge is 0.325 e. The fourth-order valence-electron chi connectivity index (χ4n) is 2.72. The van der Waals surface area contributed by atoms with E-state index in [9.17, 15) is 9.59 Å². The third kappa shape index (κ3) is 4.29. The number of carbonyl (C=O) groups excluding carboxylic acids is 1. The zero-order valence-electron chi connectivity index (χ0n) is 14.6. The topological polar surface area (TPSA) is 116 Å². The van der Waals surface area contributed by atoms with Crippen LogP contribution in [0.4, 0.5) is 0 Å². The van der Waals surface area contributed by atoms with Crippen LogP contribution in [0.5, 0.6) is 11.5 Å². The number of hydrogen-bond acceptors (Lipinski definition) is 6. The van der Waals surface area contributed by atoms with Crippen molar-refractivity contribution in [3.63, 3.8) is 0 Å². The zero-order valence-corrected chi connectivity index (χ0v) is 14.6. The number of nitrogens with zero attached hydrogens (tertiary/aromatic N) is 3.